The van der Waals surface area contributed by atoms with Gasteiger partial charge in [-0.3, -0.25) is 10.1 Å². The van der Waals surface area contributed by atoms with Gasteiger partial charge >= 0.3 is 5.97 Å². The van der Waals surface area contributed by atoms with Gasteiger partial charge in [-0.05, 0) is 28.4 Å². The van der Waals surface area contributed by atoms with Crippen molar-refractivity contribution in [2.45, 2.75) is 6.92 Å². The van der Waals surface area contributed by atoms with E-state index < -0.39 is 10.9 Å². The molecule has 1 N–H and O–H groups in total. The maximum Gasteiger partial charge on any atom is 0.355 e. The van der Waals surface area contributed by atoms with Crippen molar-refractivity contribution in [3.63, 3.8) is 0 Å². The van der Waals surface area contributed by atoms with Crippen molar-refractivity contribution in [2.75, 3.05) is 0 Å². The summed E-state index contributed by atoms with van der Waals surface area (Å²) in [5, 5.41) is 19.8. The average Bonchev–Trinajstić information content (AvgIpc) is 2.39. The van der Waals surface area contributed by atoms with Gasteiger partial charge in [0.05, 0.1) is 9.40 Å². The molecule has 1 aromatic heterocycles. The first kappa shape index (κ1) is 14.1. The van der Waals surface area contributed by atoms with E-state index in [1.807, 2.05) is 0 Å². The number of hydrogen-bond donors (Lipinski definition) is 1. The maximum absolute atomic E-state index is 11.0. The van der Waals surface area contributed by atoms with Crippen LogP contribution in [0.15, 0.2) is 28.9 Å². The summed E-state index contributed by atoms with van der Waals surface area (Å²) in [5.74, 6) is -1.07. The molecular formula is C12H8BrN3O4. The van der Waals surface area contributed by atoms with Crippen LogP contribution in [-0.2, 0) is 0 Å². The number of nitro groups is 1. The molecule has 0 saturated heterocycles. The van der Waals surface area contributed by atoms with Crippen molar-refractivity contribution in [1.29, 1.82) is 0 Å². The number of non-ortho nitro benzene ring substituents is 1. The third-order valence-electron chi connectivity index (χ3n) is 2.62. The predicted molar refractivity (Wildman–Crippen MR) is 73.5 cm³/mol. The first-order chi connectivity index (χ1) is 9.40. The van der Waals surface area contributed by atoms with Crippen LogP contribution in [0.2, 0.25) is 0 Å². The minimum Gasteiger partial charge on any atom is -0.476 e. The minimum absolute atomic E-state index is 0.103. The van der Waals surface area contributed by atoms with E-state index in [4.69, 9.17) is 5.11 Å². The zero-order chi connectivity index (χ0) is 14.9. The molecule has 0 aliphatic carbocycles. The highest BCUT2D eigenvalue weighted by molar-refractivity contribution is 9.10. The van der Waals surface area contributed by atoms with Crippen LogP contribution in [-0.4, -0.2) is 26.0 Å². The fraction of sp³-hybridized carbons (Fsp3) is 0.0833. The zero-order valence-electron chi connectivity index (χ0n) is 10.2. The first-order valence-corrected chi connectivity index (χ1v) is 6.20. The number of halogens is 1. The van der Waals surface area contributed by atoms with Crippen molar-refractivity contribution >= 4 is 27.6 Å². The highest BCUT2D eigenvalue weighted by Crippen LogP contribution is 2.26. The van der Waals surface area contributed by atoms with Crippen molar-refractivity contribution in [3.05, 3.63) is 50.2 Å². The molecule has 0 spiro atoms. The number of nitrogens with zero attached hydrogens (tertiary/aromatic N) is 3. The molecule has 2 aromatic rings. The Morgan fingerprint density at radius 1 is 1.45 bits per heavy atom. The molecule has 7 nitrogen and oxygen atoms in total. The number of nitro benzene ring substituents is 1. The average molecular weight is 338 g/mol. The molecule has 2 rings (SSSR count). The molecular weight excluding hydrogens is 330 g/mol. The fourth-order valence-electron chi connectivity index (χ4n) is 1.61. The normalized spacial score (nSPS) is 10.3. The summed E-state index contributed by atoms with van der Waals surface area (Å²) in [6.45, 7) is 1.74. The van der Waals surface area contributed by atoms with Gasteiger partial charge in [0.2, 0.25) is 0 Å². The summed E-state index contributed by atoms with van der Waals surface area (Å²) in [4.78, 5) is 29.2. The van der Waals surface area contributed by atoms with Crippen LogP contribution in [0.1, 0.15) is 16.1 Å². The molecule has 8 heteroatoms. The smallest absolute Gasteiger partial charge is 0.355 e. The molecule has 0 radical (unpaired) electrons. The lowest BCUT2D eigenvalue weighted by atomic mass is 10.1. The largest absolute Gasteiger partial charge is 0.476 e. The Labute approximate surface area is 121 Å². The zero-order valence-corrected chi connectivity index (χ0v) is 11.8. The highest BCUT2D eigenvalue weighted by Gasteiger charge is 2.16. The van der Waals surface area contributed by atoms with E-state index in [1.165, 1.54) is 18.3 Å². The SMILES string of the molecule is Cc1ccc([N+](=O)[O-])cc1-c1ncc(Br)c(C(=O)O)n1. The Balaban J connectivity index is 2.62. The van der Waals surface area contributed by atoms with Crippen LogP contribution in [0, 0.1) is 17.0 Å². The fourth-order valence-corrected chi connectivity index (χ4v) is 1.97. The van der Waals surface area contributed by atoms with Crippen LogP contribution < -0.4 is 0 Å². The number of aryl methyl sites for hydroxylation is 1. The number of carbonyl (C=O) groups is 1. The molecule has 0 unspecified atom stereocenters. The predicted octanol–water partition coefficient (Wildman–Crippen LogP) is 2.82. The molecule has 1 heterocycles. The molecule has 20 heavy (non-hydrogen) atoms. The Bertz CT molecular complexity index is 718. The van der Waals surface area contributed by atoms with Crippen LogP contribution >= 0.6 is 15.9 Å². The minimum atomic E-state index is -1.20. The van der Waals surface area contributed by atoms with Gasteiger partial charge in [0.15, 0.2) is 11.5 Å². The number of carboxylic acid groups (broad SMARTS) is 1. The van der Waals surface area contributed by atoms with Gasteiger partial charge in [0, 0.05) is 23.9 Å². The number of aromatic carboxylic acids is 1. The van der Waals surface area contributed by atoms with Crippen LogP contribution in [0.5, 0.6) is 0 Å². The summed E-state index contributed by atoms with van der Waals surface area (Å²) in [6.07, 6.45) is 1.31. The summed E-state index contributed by atoms with van der Waals surface area (Å²) in [7, 11) is 0. The highest BCUT2D eigenvalue weighted by atomic mass is 79.9. The summed E-state index contributed by atoms with van der Waals surface area (Å²) < 4.78 is 0.247. The molecule has 0 bridgehead atoms. The first-order valence-electron chi connectivity index (χ1n) is 5.41. The van der Waals surface area contributed by atoms with E-state index in [0.717, 1.165) is 0 Å². The lowest BCUT2D eigenvalue weighted by molar-refractivity contribution is -0.384. The van der Waals surface area contributed by atoms with E-state index in [1.54, 1.807) is 13.0 Å². The van der Waals surface area contributed by atoms with Gasteiger partial charge in [-0.15, -0.1) is 0 Å². The molecule has 0 saturated carbocycles. The Morgan fingerprint density at radius 2 is 2.15 bits per heavy atom. The second kappa shape index (κ2) is 5.33. The summed E-state index contributed by atoms with van der Waals surface area (Å²) in [6, 6.07) is 4.26. The van der Waals surface area contributed by atoms with Gasteiger partial charge in [-0.1, -0.05) is 6.07 Å². The van der Waals surface area contributed by atoms with E-state index in [0.29, 0.717) is 11.1 Å². The third-order valence-corrected chi connectivity index (χ3v) is 3.20. The van der Waals surface area contributed by atoms with Gasteiger partial charge in [-0.25, -0.2) is 14.8 Å². The van der Waals surface area contributed by atoms with Crippen molar-refractivity contribution in [1.82, 2.24) is 9.97 Å². The van der Waals surface area contributed by atoms with E-state index >= 15 is 0 Å². The van der Waals surface area contributed by atoms with Gasteiger partial charge < -0.3 is 5.11 Å². The molecule has 0 fully saturated rings. The third kappa shape index (κ3) is 2.64. The van der Waals surface area contributed by atoms with E-state index in [9.17, 15) is 14.9 Å². The lowest BCUT2D eigenvalue weighted by Gasteiger charge is -2.06. The monoisotopic (exact) mass is 337 g/mol. The Hall–Kier alpha value is -2.35. The van der Waals surface area contributed by atoms with Crippen molar-refractivity contribution in [2.24, 2.45) is 0 Å². The lowest BCUT2D eigenvalue weighted by Crippen LogP contribution is -2.05. The molecule has 0 atom stereocenters. The van der Waals surface area contributed by atoms with Crippen molar-refractivity contribution in [3.8, 4) is 11.4 Å². The van der Waals surface area contributed by atoms with Crippen LogP contribution in [0.3, 0.4) is 0 Å². The van der Waals surface area contributed by atoms with E-state index in [-0.39, 0.29) is 21.7 Å². The summed E-state index contributed by atoms with van der Waals surface area (Å²) in [5.41, 5.74) is 0.846. The molecule has 0 aliphatic heterocycles. The standard InChI is InChI=1S/C12H8BrN3O4/c1-6-2-3-7(16(19)20)4-8(6)11-14-5-9(13)10(15-11)12(17)18/h2-5H,1H3,(H,17,18). The molecule has 0 aliphatic rings. The quantitative estimate of drug-likeness (QED) is 0.681. The number of rotatable bonds is 3. The Kier molecular flexibility index (Phi) is 3.75. The number of aromatic nitrogens is 2. The number of benzene rings is 1. The molecule has 1 aromatic carbocycles. The molecule has 0 amide bonds. The maximum atomic E-state index is 11.0. The second-order valence-corrected chi connectivity index (χ2v) is 4.81. The van der Waals surface area contributed by atoms with Gasteiger partial charge in [-0.2, -0.15) is 0 Å². The van der Waals surface area contributed by atoms with Crippen LogP contribution in [0.4, 0.5) is 5.69 Å². The van der Waals surface area contributed by atoms with E-state index in [2.05, 4.69) is 25.9 Å². The second-order valence-electron chi connectivity index (χ2n) is 3.95. The van der Waals surface area contributed by atoms with Gasteiger partial charge in [0.25, 0.3) is 5.69 Å². The number of hydrogen-bond acceptors (Lipinski definition) is 5. The topological polar surface area (TPSA) is 106 Å². The Morgan fingerprint density at radius 3 is 2.75 bits per heavy atom. The molecule has 102 valence electrons. The number of carboxylic acids is 1. The summed E-state index contributed by atoms with van der Waals surface area (Å²) >= 11 is 3.05. The van der Waals surface area contributed by atoms with Crippen LogP contribution in [0.25, 0.3) is 11.4 Å². The van der Waals surface area contributed by atoms with Crippen molar-refractivity contribution < 1.29 is 14.8 Å². The van der Waals surface area contributed by atoms with Gasteiger partial charge in [0.1, 0.15) is 0 Å².